The smallest absolute Gasteiger partial charge is 0.271 e. The molecular weight excluding hydrogens is 624 g/mol. The summed E-state index contributed by atoms with van der Waals surface area (Å²) in [5.74, 6) is 0.544. The highest BCUT2D eigenvalue weighted by atomic mass is 35.5. The standard InChI is InChI=1S/C35H33ClN4O5S/c1-3-44-28-19-23(11-16-27(28)45-21-30(41)39-17-7-8-18-39)20-29-34(43)40-32(24-12-14-25(36)15-13-24)31(22(2)37-35(40)46-29)33(42)38-26-9-5-4-6-10-26/h4-6,9-16,19-20,32H,3,7-8,17-18,21H2,1-2H3,(H,38,42)/b29-20+/t32-/m1/s1. The number of halogens is 1. The molecule has 4 aromatic rings. The van der Waals surface area contributed by atoms with Gasteiger partial charge in [0, 0.05) is 23.8 Å². The first-order valence-electron chi connectivity index (χ1n) is 15.1. The number of amides is 2. The van der Waals surface area contributed by atoms with Gasteiger partial charge in [-0.3, -0.25) is 19.0 Å². The first kappa shape index (κ1) is 31.3. The molecule has 1 atom stereocenters. The van der Waals surface area contributed by atoms with Crippen molar-refractivity contribution in [2.75, 3.05) is 31.6 Å². The van der Waals surface area contributed by atoms with Gasteiger partial charge in [-0.1, -0.05) is 59.3 Å². The van der Waals surface area contributed by atoms with E-state index in [1.54, 1.807) is 54.0 Å². The lowest BCUT2D eigenvalue weighted by Gasteiger charge is -2.25. The number of carbonyl (C=O) groups excluding carboxylic acids is 2. The number of fused-ring (bicyclic) bond motifs is 1. The van der Waals surface area contributed by atoms with E-state index in [2.05, 4.69) is 5.32 Å². The van der Waals surface area contributed by atoms with Crippen LogP contribution < -0.4 is 29.7 Å². The second kappa shape index (κ2) is 13.8. The fraction of sp³-hybridized carbons (Fsp3) is 0.257. The van der Waals surface area contributed by atoms with E-state index >= 15 is 0 Å². The Labute approximate surface area is 275 Å². The molecule has 0 bridgehead atoms. The molecule has 6 rings (SSSR count). The highest BCUT2D eigenvalue weighted by molar-refractivity contribution is 7.07. The minimum Gasteiger partial charge on any atom is -0.490 e. The Morgan fingerprint density at radius 2 is 1.76 bits per heavy atom. The molecule has 2 aliphatic heterocycles. The number of nitrogens with zero attached hydrogens (tertiary/aromatic N) is 3. The van der Waals surface area contributed by atoms with Gasteiger partial charge in [0.05, 0.1) is 28.5 Å². The number of rotatable bonds is 9. The van der Waals surface area contributed by atoms with Gasteiger partial charge in [0.15, 0.2) is 22.9 Å². The lowest BCUT2D eigenvalue weighted by molar-refractivity contribution is -0.132. The van der Waals surface area contributed by atoms with Crippen LogP contribution in [0.25, 0.3) is 6.08 Å². The van der Waals surface area contributed by atoms with Crippen molar-refractivity contribution in [1.29, 1.82) is 0 Å². The van der Waals surface area contributed by atoms with Gasteiger partial charge >= 0.3 is 0 Å². The molecule has 2 aliphatic rings. The Bertz CT molecular complexity index is 1980. The number of likely N-dealkylation sites (tertiary alicyclic amines) is 1. The third-order valence-electron chi connectivity index (χ3n) is 7.86. The quantitative estimate of drug-likeness (QED) is 0.275. The highest BCUT2D eigenvalue weighted by Crippen LogP contribution is 2.32. The molecule has 46 heavy (non-hydrogen) atoms. The molecule has 3 heterocycles. The molecule has 1 aromatic heterocycles. The summed E-state index contributed by atoms with van der Waals surface area (Å²) in [6, 6.07) is 20.9. The number of hydrogen-bond donors (Lipinski definition) is 1. The van der Waals surface area contributed by atoms with Crippen molar-refractivity contribution in [1.82, 2.24) is 9.47 Å². The van der Waals surface area contributed by atoms with Gasteiger partial charge < -0.3 is 19.7 Å². The Hall–Kier alpha value is -4.67. The van der Waals surface area contributed by atoms with Crippen LogP contribution >= 0.6 is 22.9 Å². The molecular formula is C35H33ClN4O5S. The van der Waals surface area contributed by atoms with Crippen LogP contribution in [0.4, 0.5) is 5.69 Å². The first-order valence-corrected chi connectivity index (χ1v) is 16.3. The molecule has 3 aromatic carbocycles. The summed E-state index contributed by atoms with van der Waals surface area (Å²) < 4.78 is 13.7. The first-order chi connectivity index (χ1) is 22.3. The zero-order chi connectivity index (χ0) is 32.2. The number of ether oxygens (including phenoxy) is 2. The number of aromatic nitrogens is 1. The molecule has 0 saturated carbocycles. The van der Waals surface area contributed by atoms with Gasteiger partial charge in [-0.25, -0.2) is 4.99 Å². The van der Waals surface area contributed by atoms with Crippen molar-refractivity contribution in [3.63, 3.8) is 0 Å². The molecule has 11 heteroatoms. The van der Waals surface area contributed by atoms with E-state index in [0.29, 0.717) is 55.0 Å². The van der Waals surface area contributed by atoms with E-state index in [1.165, 1.54) is 11.3 Å². The Morgan fingerprint density at radius 3 is 2.48 bits per heavy atom. The van der Waals surface area contributed by atoms with E-state index in [-0.39, 0.29) is 24.0 Å². The number of anilines is 1. The number of hydrogen-bond acceptors (Lipinski definition) is 7. The van der Waals surface area contributed by atoms with Gasteiger partial charge in [0.2, 0.25) is 0 Å². The number of nitrogens with one attached hydrogen (secondary N) is 1. The monoisotopic (exact) mass is 656 g/mol. The normalized spacial score (nSPS) is 16.2. The third kappa shape index (κ3) is 6.63. The average molecular weight is 657 g/mol. The number of para-hydroxylation sites is 1. The molecule has 9 nitrogen and oxygen atoms in total. The van der Waals surface area contributed by atoms with Crippen molar-refractivity contribution in [2.45, 2.75) is 32.7 Å². The molecule has 1 N–H and O–H groups in total. The van der Waals surface area contributed by atoms with E-state index in [1.807, 2.05) is 48.2 Å². The van der Waals surface area contributed by atoms with Crippen LogP contribution in [0.5, 0.6) is 11.5 Å². The summed E-state index contributed by atoms with van der Waals surface area (Å²) in [4.78, 5) is 47.3. The lowest BCUT2D eigenvalue weighted by Crippen LogP contribution is -2.40. The second-order valence-electron chi connectivity index (χ2n) is 11.0. The van der Waals surface area contributed by atoms with Crippen molar-refractivity contribution in [2.24, 2.45) is 4.99 Å². The Balaban J connectivity index is 1.36. The van der Waals surface area contributed by atoms with Crippen LogP contribution in [0, 0.1) is 0 Å². The van der Waals surface area contributed by atoms with Gasteiger partial charge in [-0.15, -0.1) is 0 Å². The highest BCUT2D eigenvalue weighted by Gasteiger charge is 2.32. The largest absolute Gasteiger partial charge is 0.490 e. The van der Waals surface area contributed by atoms with Crippen molar-refractivity contribution in [3.05, 3.63) is 120 Å². The number of carbonyl (C=O) groups is 2. The predicted octanol–water partition coefficient (Wildman–Crippen LogP) is 4.93. The fourth-order valence-electron chi connectivity index (χ4n) is 5.64. The third-order valence-corrected chi connectivity index (χ3v) is 9.09. The summed E-state index contributed by atoms with van der Waals surface area (Å²) in [7, 11) is 0. The van der Waals surface area contributed by atoms with Crippen LogP contribution in [0.2, 0.25) is 5.02 Å². The Kier molecular flexibility index (Phi) is 9.37. The van der Waals surface area contributed by atoms with Crippen molar-refractivity contribution >= 4 is 46.5 Å². The minimum absolute atomic E-state index is 0.0486. The molecule has 0 unspecified atom stereocenters. The van der Waals surface area contributed by atoms with Gasteiger partial charge in [0.25, 0.3) is 17.4 Å². The van der Waals surface area contributed by atoms with Gasteiger partial charge in [-0.2, -0.15) is 0 Å². The molecule has 0 aliphatic carbocycles. The van der Waals surface area contributed by atoms with Crippen LogP contribution in [0.1, 0.15) is 43.9 Å². The summed E-state index contributed by atoms with van der Waals surface area (Å²) in [5, 5.41) is 3.50. The van der Waals surface area contributed by atoms with E-state index in [0.717, 1.165) is 31.5 Å². The fourth-order valence-corrected chi connectivity index (χ4v) is 6.82. The maximum absolute atomic E-state index is 14.1. The Morgan fingerprint density at radius 1 is 1.02 bits per heavy atom. The van der Waals surface area contributed by atoms with Crippen LogP contribution in [-0.4, -0.2) is 47.6 Å². The molecule has 236 valence electrons. The average Bonchev–Trinajstić information content (AvgIpc) is 3.69. The predicted molar refractivity (Wildman–Crippen MR) is 179 cm³/mol. The summed E-state index contributed by atoms with van der Waals surface area (Å²) in [5.41, 5.74) is 2.69. The zero-order valence-corrected chi connectivity index (χ0v) is 27.1. The maximum atomic E-state index is 14.1. The van der Waals surface area contributed by atoms with Crippen molar-refractivity contribution in [3.8, 4) is 11.5 Å². The maximum Gasteiger partial charge on any atom is 0.271 e. The second-order valence-corrected chi connectivity index (χ2v) is 12.4. The van der Waals surface area contributed by atoms with E-state index in [4.69, 9.17) is 26.1 Å². The van der Waals surface area contributed by atoms with Gasteiger partial charge in [0.1, 0.15) is 0 Å². The van der Waals surface area contributed by atoms with Gasteiger partial charge in [-0.05, 0) is 80.3 Å². The summed E-state index contributed by atoms with van der Waals surface area (Å²) in [6.45, 7) is 5.50. The van der Waals surface area contributed by atoms with Crippen LogP contribution in [0.15, 0.2) is 93.9 Å². The van der Waals surface area contributed by atoms with Crippen LogP contribution in [-0.2, 0) is 9.59 Å². The number of thiazole rings is 1. The van der Waals surface area contributed by atoms with Crippen LogP contribution in [0.3, 0.4) is 0 Å². The minimum atomic E-state index is -0.720. The van der Waals surface area contributed by atoms with E-state index < -0.39 is 6.04 Å². The summed E-state index contributed by atoms with van der Waals surface area (Å²) >= 11 is 7.45. The molecule has 1 fully saturated rings. The number of benzene rings is 3. The SMILES string of the molecule is CCOc1cc(/C=c2/sc3n(c2=O)[C@H](c2ccc(Cl)cc2)C(C(=O)Nc2ccccc2)=C(C)N=3)ccc1OCC(=O)N1CCCC1. The molecule has 0 radical (unpaired) electrons. The number of allylic oxidation sites excluding steroid dienone is 1. The molecule has 0 spiro atoms. The van der Waals surface area contributed by atoms with Crippen molar-refractivity contribution < 1.29 is 19.1 Å². The zero-order valence-electron chi connectivity index (χ0n) is 25.5. The lowest BCUT2D eigenvalue weighted by atomic mass is 9.95. The topological polar surface area (TPSA) is 102 Å². The molecule has 2 amide bonds. The summed E-state index contributed by atoms with van der Waals surface area (Å²) in [6.07, 6.45) is 3.80. The van der Waals surface area contributed by atoms with E-state index in [9.17, 15) is 14.4 Å². The molecule has 1 saturated heterocycles.